The molecule has 0 radical (unpaired) electrons. The van der Waals surface area contributed by atoms with Crippen LogP contribution in [0.1, 0.15) is 6.42 Å². The van der Waals surface area contributed by atoms with Gasteiger partial charge in [-0.3, -0.25) is 0 Å². The highest BCUT2D eigenvalue weighted by molar-refractivity contribution is 7.17. The topological polar surface area (TPSA) is 80.9 Å². The zero-order valence-corrected chi connectivity index (χ0v) is 6.53. The summed E-state index contributed by atoms with van der Waals surface area (Å²) in [5.41, 5.74) is 0. The van der Waals surface area contributed by atoms with Crippen LogP contribution in [-0.4, -0.2) is 32.2 Å². The van der Waals surface area contributed by atoms with E-state index >= 15 is 0 Å². The summed E-state index contributed by atoms with van der Waals surface area (Å²) in [7, 11) is 1.90. The van der Waals surface area contributed by atoms with Crippen LogP contribution in [0.5, 0.6) is 0 Å². The van der Waals surface area contributed by atoms with Crippen LogP contribution in [0.2, 0.25) is 0 Å². The molecule has 6 heteroatoms. The van der Waals surface area contributed by atoms with Gasteiger partial charge in [0, 0.05) is 0 Å². The molecule has 2 unspecified atom stereocenters. The van der Waals surface area contributed by atoms with Gasteiger partial charge in [0.2, 0.25) is 0 Å². The number of hydrogen-bond acceptors (Lipinski definition) is 4. The molecule has 0 saturated heterocycles. The minimum atomic E-state index is -2.75. The average Bonchev–Trinajstić information content (AvgIpc) is 1.21. The van der Waals surface area contributed by atoms with Crippen LogP contribution in [0.15, 0.2) is 0 Å². The van der Waals surface area contributed by atoms with Crippen LogP contribution in [0.3, 0.4) is 0 Å². The molecule has 0 aromatic rings. The van der Waals surface area contributed by atoms with E-state index in [2.05, 4.69) is 0 Å². The monoisotopic (exact) mass is 176 g/mol. The summed E-state index contributed by atoms with van der Waals surface area (Å²) in [6, 6.07) is 0. The Morgan fingerprint density at radius 1 is 1.33 bits per heavy atom. The summed E-state index contributed by atoms with van der Waals surface area (Å²) in [5, 5.41) is 32.7. The first-order valence-corrected chi connectivity index (χ1v) is 2.69. The van der Waals surface area contributed by atoms with Crippen LogP contribution in [0.4, 0.5) is 0 Å². The first kappa shape index (κ1) is 12.3. The molecule has 0 amide bonds. The summed E-state index contributed by atoms with van der Waals surface area (Å²) >= 11 is 0. The smallest absolute Gasteiger partial charge is 0.278 e. The third-order valence-electron chi connectivity index (χ3n) is 0.483. The predicted molar refractivity (Wildman–Crippen MR) is 37.0 cm³/mol. The van der Waals surface area contributed by atoms with Gasteiger partial charge in [-0.2, -0.15) is 0 Å². The van der Waals surface area contributed by atoms with Crippen LogP contribution < -0.4 is 0 Å². The molecule has 0 aliphatic heterocycles. The maximum Gasteiger partial charge on any atom is 0.278 e. The lowest BCUT2D eigenvalue weighted by Gasteiger charge is -2.14. The van der Waals surface area contributed by atoms with Crippen molar-refractivity contribution in [3.05, 3.63) is 0 Å². The van der Waals surface area contributed by atoms with Crippen LogP contribution in [0, 0.1) is 0 Å². The van der Waals surface area contributed by atoms with Gasteiger partial charge < -0.3 is 20.4 Å². The van der Waals surface area contributed by atoms with E-state index in [0.717, 1.165) is 0 Å². The predicted octanol–water partition coefficient (Wildman–Crippen LogP) is -1.38. The number of halogens is 1. The second-order valence-corrected chi connectivity index (χ2v) is 2.32. The van der Waals surface area contributed by atoms with E-state index in [0.29, 0.717) is 0 Å². The molecule has 58 valence electrons. The largest absolute Gasteiger partial charge is 0.389 e. The second-order valence-electron chi connectivity index (χ2n) is 1.55. The first-order valence-electron chi connectivity index (χ1n) is 2.02. The van der Waals surface area contributed by atoms with Crippen molar-refractivity contribution in [2.75, 3.05) is 0 Å². The molecule has 0 aromatic heterocycles. The molecule has 0 spiro atoms. The van der Waals surface area contributed by atoms with Gasteiger partial charge in [0.05, 0.1) is 12.3 Å². The molecule has 4 nitrogen and oxygen atoms in total. The number of rotatable bonds is 2. The molecular weight excluding hydrogens is 166 g/mol. The van der Waals surface area contributed by atoms with Crippen molar-refractivity contribution < 1.29 is 20.4 Å². The lowest BCUT2D eigenvalue weighted by atomic mass is 10.4. The molecule has 2 atom stereocenters. The van der Waals surface area contributed by atoms with Gasteiger partial charge in [-0.05, 0) is 0 Å². The zero-order valence-electron chi connectivity index (χ0n) is 4.56. The van der Waals surface area contributed by atoms with Gasteiger partial charge in [0.25, 0.3) is 5.97 Å². The van der Waals surface area contributed by atoms with Gasteiger partial charge in [-0.15, -0.1) is 21.6 Å². The van der Waals surface area contributed by atoms with Crippen molar-refractivity contribution in [3.8, 4) is 0 Å². The second kappa shape index (κ2) is 4.39. The van der Waals surface area contributed by atoms with Crippen LogP contribution in [-0.2, 0) is 0 Å². The van der Waals surface area contributed by atoms with Gasteiger partial charge in [0.15, 0.2) is 0 Å². The summed E-state index contributed by atoms with van der Waals surface area (Å²) < 4.78 is 0. The summed E-state index contributed by atoms with van der Waals surface area (Å²) in [6.07, 6.45) is -0.488. The Balaban J connectivity index is 0. The molecule has 0 aliphatic rings. The Labute approximate surface area is 61.1 Å². The Kier molecular flexibility index (Phi) is 5.97. The van der Waals surface area contributed by atoms with E-state index in [1.165, 1.54) is 0 Å². The van der Waals surface area contributed by atoms with Gasteiger partial charge in [-0.1, -0.05) is 0 Å². The van der Waals surface area contributed by atoms with E-state index in [4.69, 9.17) is 20.4 Å². The van der Waals surface area contributed by atoms with Gasteiger partial charge in [0.1, 0.15) is 0 Å². The normalized spacial score (nSPS) is 14.3. The zero-order chi connectivity index (χ0) is 6.78. The Hall–Kier alpha value is 0.560. The highest BCUT2D eigenvalue weighted by atomic mass is 35.5. The number of aliphatic hydroxyl groups excluding tert-OH is 1. The average molecular weight is 177 g/mol. The Morgan fingerprint density at radius 3 is 1.67 bits per heavy atom. The van der Waals surface area contributed by atoms with E-state index in [-0.39, 0.29) is 12.4 Å². The third kappa shape index (κ3) is 11.9. The van der Waals surface area contributed by atoms with E-state index in [9.17, 15) is 0 Å². The lowest BCUT2D eigenvalue weighted by Crippen LogP contribution is -2.30. The summed E-state index contributed by atoms with van der Waals surface area (Å²) in [6.45, 7) is 0. The van der Waals surface area contributed by atoms with Crippen LogP contribution in [0.25, 0.3) is 0 Å². The highest BCUT2D eigenvalue weighted by Crippen LogP contribution is 2.08. The fourth-order valence-corrected chi connectivity index (χ4v) is 0.597. The SMILES string of the molecule is Cl.OC(P)CC(O)(O)O. The van der Waals surface area contributed by atoms with Crippen molar-refractivity contribution in [3.63, 3.8) is 0 Å². The Bertz CT molecular complexity index is 70.7. The van der Waals surface area contributed by atoms with Crippen molar-refractivity contribution in [2.24, 2.45) is 0 Å². The molecule has 0 bridgehead atoms. The summed E-state index contributed by atoms with van der Waals surface area (Å²) in [4.78, 5) is 0. The maximum absolute atomic E-state index is 8.37. The number of hydrogen-bond donors (Lipinski definition) is 4. The fraction of sp³-hybridized carbons (Fsp3) is 1.00. The van der Waals surface area contributed by atoms with E-state index < -0.39 is 18.2 Å². The molecule has 0 saturated carbocycles. The van der Waals surface area contributed by atoms with E-state index in [1.54, 1.807) is 0 Å². The van der Waals surface area contributed by atoms with Crippen molar-refractivity contribution in [2.45, 2.75) is 18.2 Å². The van der Waals surface area contributed by atoms with Crippen molar-refractivity contribution >= 4 is 21.6 Å². The minimum Gasteiger partial charge on any atom is -0.389 e. The lowest BCUT2D eigenvalue weighted by molar-refractivity contribution is -0.318. The Morgan fingerprint density at radius 2 is 1.67 bits per heavy atom. The quantitative estimate of drug-likeness (QED) is 0.309. The molecular formula is C3H10ClO4P. The van der Waals surface area contributed by atoms with Crippen molar-refractivity contribution in [1.82, 2.24) is 0 Å². The standard InChI is InChI=1S/C3H9O4P.ClH/c4-2(8)1-3(5,6)7;/h2,4-7H,1,8H2;1H. The van der Waals surface area contributed by atoms with Gasteiger partial charge in [-0.25, -0.2) is 0 Å². The molecule has 4 N–H and O–H groups in total. The van der Waals surface area contributed by atoms with Crippen LogP contribution >= 0.6 is 21.6 Å². The summed E-state index contributed by atoms with van der Waals surface area (Å²) in [5.74, 6) is -3.74. The third-order valence-corrected chi connectivity index (χ3v) is 0.719. The van der Waals surface area contributed by atoms with Crippen molar-refractivity contribution in [1.29, 1.82) is 0 Å². The molecule has 0 aromatic carbocycles. The number of aliphatic hydroxyl groups is 4. The molecule has 0 fully saturated rings. The molecule has 0 rings (SSSR count). The minimum absolute atomic E-state index is 0. The molecule has 9 heavy (non-hydrogen) atoms. The first-order chi connectivity index (χ1) is 3.42. The highest BCUT2D eigenvalue weighted by Gasteiger charge is 2.20. The van der Waals surface area contributed by atoms with E-state index in [1.807, 2.05) is 9.24 Å². The fourth-order valence-electron chi connectivity index (χ4n) is 0.281. The maximum atomic E-state index is 8.37. The molecule has 0 heterocycles. The van der Waals surface area contributed by atoms with Gasteiger partial charge >= 0.3 is 0 Å². The molecule has 0 aliphatic carbocycles.